The van der Waals surface area contributed by atoms with Gasteiger partial charge < -0.3 is 0 Å². The molecule has 0 aliphatic rings. The highest BCUT2D eigenvalue weighted by atomic mass is 35.5. The van der Waals surface area contributed by atoms with Gasteiger partial charge in [-0.2, -0.15) is 0 Å². The maximum atomic E-state index is 7.06. The minimum Gasteiger partial charge on any atom is -0.208 e. The van der Waals surface area contributed by atoms with Crippen LogP contribution >= 0.6 is 22.9 Å². The van der Waals surface area contributed by atoms with Gasteiger partial charge in [0.2, 0.25) is 0 Å². The fraction of sp³-hybridized carbons (Fsp3) is 0. The van der Waals surface area contributed by atoms with Gasteiger partial charge in [-0.3, -0.25) is 0 Å². The monoisotopic (exact) mass is 599 g/mol. The van der Waals surface area contributed by atoms with Gasteiger partial charge in [-0.15, -0.1) is 11.3 Å². The van der Waals surface area contributed by atoms with Gasteiger partial charge in [0.25, 0.3) is 0 Å². The average molecular weight is 600 g/mol. The van der Waals surface area contributed by atoms with Crippen LogP contribution < -0.4 is 0 Å². The van der Waals surface area contributed by atoms with E-state index in [1.165, 1.54) is 26.2 Å². The Morgan fingerprint density at radius 1 is 0.477 bits per heavy atom. The molecule has 0 N–H and O–H groups in total. The third-order valence-electron chi connectivity index (χ3n) is 8.38. The first-order valence-corrected chi connectivity index (χ1v) is 15.7. The van der Waals surface area contributed by atoms with E-state index < -0.39 is 0 Å². The first-order chi connectivity index (χ1) is 21.7. The number of thiophene rings is 1. The molecule has 0 amide bonds. The Balaban J connectivity index is 1.36. The highest BCUT2D eigenvalue weighted by Gasteiger charge is 2.21. The summed E-state index contributed by atoms with van der Waals surface area (Å²) in [7, 11) is 0. The van der Waals surface area contributed by atoms with Crippen molar-refractivity contribution < 1.29 is 0 Å². The van der Waals surface area contributed by atoms with Gasteiger partial charge in [-0.05, 0) is 50.5 Å². The van der Waals surface area contributed by atoms with Crippen molar-refractivity contribution in [3.63, 3.8) is 0 Å². The molecule has 2 heterocycles. The van der Waals surface area contributed by atoms with Gasteiger partial charge in [0.15, 0.2) is 17.5 Å². The summed E-state index contributed by atoms with van der Waals surface area (Å²) in [5, 5.41) is 9.99. The van der Waals surface area contributed by atoms with Gasteiger partial charge in [-0.1, -0.05) is 127 Å². The maximum Gasteiger partial charge on any atom is 0.167 e. The molecule has 206 valence electrons. The predicted molar refractivity (Wildman–Crippen MR) is 187 cm³/mol. The van der Waals surface area contributed by atoms with Crippen LogP contribution in [0.25, 0.3) is 86.7 Å². The van der Waals surface area contributed by atoms with Crippen LogP contribution in [-0.4, -0.2) is 15.0 Å². The largest absolute Gasteiger partial charge is 0.208 e. The van der Waals surface area contributed by atoms with Crippen molar-refractivity contribution in [2.75, 3.05) is 0 Å². The summed E-state index contributed by atoms with van der Waals surface area (Å²) in [5.74, 6) is 1.80. The lowest BCUT2D eigenvalue weighted by Gasteiger charge is -2.12. The van der Waals surface area contributed by atoms with Crippen molar-refractivity contribution in [3.8, 4) is 34.2 Å². The molecular formula is C39H22ClN3S. The van der Waals surface area contributed by atoms with Crippen molar-refractivity contribution in [2.45, 2.75) is 0 Å². The molecule has 0 bridgehead atoms. The summed E-state index contributed by atoms with van der Waals surface area (Å²) in [6.45, 7) is 0. The highest BCUT2D eigenvalue weighted by Crippen LogP contribution is 2.45. The number of fused-ring (bicyclic) bond motifs is 7. The van der Waals surface area contributed by atoms with Crippen molar-refractivity contribution >= 4 is 75.4 Å². The summed E-state index contributed by atoms with van der Waals surface area (Å²) >= 11 is 8.79. The molecule has 0 aliphatic carbocycles. The second-order valence-corrected chi connectivity index (χ2v) is 12.4. The van der Waals surface area contributed by atoms with Crippen molar-refractivity contribution in [3.05, 3.63) is 138 Å². The van der Waals surface area contributed by atoms with Crippen molar-refractivity contribution in [2.24, 2.45) is 0 Å². The van der Waals surface area contributed by atoms with Crippen LogP contribution in [0.15, 0.2) is 133 Å². The zero-order chi connectivity index (χ0) is 29.2. The Hall–Kier alpha value is -5.16. The Kier molecular flexibility index (Phi) is 5.73. The quantitative estimate of drug-likeness (QED) is 0.203. The smallest absolute Gasteiger partial charge is 0.167 e. The van der Waals surface area contributed by atoms with Gasteiger partial charge in [-0.25, -0.2) is 15.0 Å². The van der Waals surface area contributed by atoms with Crippen LogP contribution in [0.1, 0.15) is 0 Å². The molecule has 0 saturated heterocycles. The Labute approximate surface area is 262 Å². The molecule has 9 rings (SSSR count). The fourth-order valence-electron chi connectivity index (χ4n) is 6.28. The predicted octanol–water partition coefficient (Wildman–Crippen LogP) is 11.4. The summed E-state index contributed by atoms with van der Waals surface area (Å²) in [4.78, 5) is 15.4. The number of hydrogen-bond donors (Lipinski definition) is 0. The molecule has 0 fully saturated rings. The van der Waals surface area contributed by atoms with Gasteiger partial charge in [0.1, 0.15) is 0 Å². The fourth-order valence-corrected chi connectivity index (χ4v) is 7.84. The lowest BCUT2D eigenvalue weighted by molar-refractivity contribution is 1.08. The van der Waals surface area contributed by atoms with Crippen molar-refractivity contribution in [1.82, 2.24) is 15.0 Å². The second-order valence-electron chi connectivity index (χ2n) is 11.0. The van der Waals surface area contributed by atoms with Gasteiger partial charge >= 0.3 is 0 Å². The SMILES string of the molecule is Clc1ccc2c(sc3ccc4ccccc4c32)c1-c1nc(-c2ccc3ccccc3c2)nc(-c2cccc3ccccc23)n1. The standard InChI is InChI=1S/C39H22ClN3S/c40-32-20-19-31-34-29-14-6-4-10-25(29)18-21-33(34)44-36(31)35(32)39-42-37(27-17-16-23-8-1-2-11-26(23)22-27)41-38(43-39)30-15-7-12-24-9-3-5-13-28(24)30/h1-22H. The molecule has 0 aliphatic heterocycles. The minimum absolute atomic E-state index is 0.567. The van der Waals surface area contributed by atoms with Crippen LogP contribution in [0.3, 0.4) is 0 Å². The molecule has 0 radical (unpaired) electrons. The maximum absolute atomic E-state index is 7.06. The van der Waals surface area contributed by atoms with Gasteiger partial charge in [0, 0.05) is 31.3 Å². The molecular weight excluding hydrogens is 578 g/mol. The molecule has 2 aromatic heterocycles. The van der Waals surface area contributed by atoms with E-state index in [1.807, 2.05) is 6.07 Å². The van der Waals surface area contributed by atoms with E-state index in [0.717, 1.165) is 42.9 Å². The molecule has 0 atom stereocenters. The molecule has 44 heavy (non-hydrogen) atoms. The van der Waals surface area contributed by atoms with Gasteiger partial charge in [0.05, 0.1) is 10.6 Å². The highest BCUT2D eigenvalue weighted by molar-refractivity contribution is 7.26. The number of hydrogen-bond acceptors (Lipinski definition) is 4. The normalized spacial score (nSPS) is 11.8. The summed E-state index contributed by atoms with van der Waals surface area (Å²) in [6, 6.07) is 46.3. The summed E-state index contributed by atoms with van der Waals surface area (Å²) in [5.41, 5.74) is 2.72. The Bertz CT molecular complexity index is 2580. The molecule has 7 aromatic carbocycles. The zero-order valence-corrected chi connectivity index (χ0v) is 24.9. The van der Waals surface area contributed by atoms with E-state index in [9.17, 15) is 0 Å². The van der Waals surface area contributed by atoms with Crippen LogP contribution in [0, 0.1) is 0 Å². The second kappa shape index (κ2) is 9.95. The first kappa shape index (κ1) is 25.3. The third kappa shape index (κ3) is 3.99. The van der Waals surface area contributed by atoms with E-state index in [2.05, 4.69) is 127 Å². The van der Waals surface area contributed by atoms with E-state index in [1.54, 1.807) is 11.3 Å². The lowest BCUT2D eigenvalue weighted by Crippen LogP contribution is -2.01. The summed E-state index contributed by atoms with van der Waals surface area (Å²) in [6.07, 6.45) is 0. The van der Waals surface area contributed by atoms with Crippen LogP contribution in [0.2, 0.25) is 5.02 Å². The molecule has 0 spiro atoms. The Morgan fingerprint density at radius 3 is 2.00 bits per heavy atom. The van der Waals surface area contributed by atoms with E-state index in [0.29, 0.717) is 22.5 Å². The van der Waals surface area contributed by atoms with E-state index in [4.69, 9.17) is 26.6 Å². The van der Waals surface area contributed by atoms with Crippen LogP contribution in [0.4, 0.5) is 0 Å². The molecule has 5 heteroatoms. The molecule has 9 aromatic rings. The Morgan fingerprint density at radius 2 is 1.14 bits per heavy atom. The summed E-state index contributed by atoms with van der Waals surface area (Å²) < 4.78 is 2.28. The molecule has 3 nitrogen and oxygen atoms in total. The van der Waals surface area contributed by atoms with E-state index in [-0.39, 0.29) is 0 Å². The molecule has 0 saturated carbocycles. The minimum atomic E-state index is 0.567. The average Bonchev–Trinajstić information content (AvgIpc) is 3.46. The lowest BCUT2D eigenvalue weighted by atomic mass is 10.0. The number of halogens is 1. The van der Waals surface area contributed by atoms with Crippen LogP contribution in [0.5, 0.6) is 0 Å². The van der Waals surface area contributed by atoms with Crippen molar-refractivity contribution in [1.29, 1.82) is 0 Å². The number of rotatable bonds is 3. The third-order valence-corrected chi connectivity index (χ3v) is 9.88. The van der Waals surface area contributed by atoms with Crippen LogP contribution in [-0.2, 0) is 0 Å². The molecule has 0 unspecified atom stereocenters. The number of aromatic nitrogens is 3. The topological polar surface area (TPSA) is 38.7 Å². The zero-order valence-electron chi connectivity index (χ0n) is 23.3. The first-order valence-electron chi connectivity index (χ1n) is 14.5. The van der Waals surface area contributed by atoms with E-state index >= 15 is 0 Å². The number of benzene rings is 7. The number of nitrogens with zero attached hydrogens (tertiary/aromatic N) is 3.